The van der Waals surface area contributed by atoms with Crippen LogP contribution in [0.4, 0.5) is 0 Å². The van der Waals surface area contributed by atoms with Crippen molar-refractivity contribution in [2.75, 3.05) is 7.11 Å². The zero-order valence-electron chi connectivity index (χ0n) is 19.5. The summed E-state index contributed by atoms with van der Waals surface area (Å²) < 4.78 is 11.3. The molecule has 184 valence electrons. The first-order valence-corrected chi connectivity index (χ1v) is 11.6. The van der Waals surface area contributed by atoms with Gasteiger partial charge in [0.05, 0.1) is 7.11 Å². The Labute approximate surface area is 212 Å². The van der Waals surface area contributed by atoms with Gasteiger partial charge in [-0.2, -0.15) is 0 Å². The maximum Gasteiger partial charge on any atom is 0.273 e. The van der Waals surface area contributed by atoms with Gasteiger partial charge in [0.1, 0.15) is 12.3 Å². The summed E-state index contributed by atoms with van der Waals surface area (Å²) in [6, 6.07) is 16.2. The number of nitrogens with zero attached hydrogens (tertiary/aromatic N) is 3. The molecule has 0 saturated carbocycles. The molecule has 0 spiro atoms. The number of carbonyl (C=O) groups is 1. The lowest BCUT2D eigenvalue weighted by molar-refractivity contribution is -0.121. The summed E-state index contributed by atoms with van der Waals surface area (Å²) in [4.78, 5) is 31.4. The highest BCUT2D eigenvalue weighted by atomic mass is 35.5. The van der Waals surface area contributed by atoms with Crippen LogP contribution in [0.2, 0.25) is 5.02 Å². The Morgan fingerprint density at radius 3 is 2.61 bits per heavy atom. The van der Waals surface area contributed by atoms with Crippen LogP contribution in [0.3, 0.4) is 0 Å². The van der Waals surface area contributed by atoms with E-state index in [0.717, 1.165) is 11.1 Å². The van der Waals surface area contributed by atoms with Crippen molar-refractivity contribution in [1.29, 1.82) is 0 Å². The van der Waals surface area contributed by atoms with E-state index in [-0.39, 0.29) is 30.3 Å². The lowest BCUT2D eigenvalue weighted by Gasteiger charge is -2.12. The number of pyridine rings is 1. The summed E-state index contributed by atoms with van der Waals surface area (Å²) >= 11 is 6.03. The highest BCUT2D eigenvalue weighted by Crippen LogP contribution is 2.31. The SMILES string of the molecule is COc1cc(-c2nnc(CCC(=O)NCc3ccncc3)c(=O)[nH]2)ccc1OCc1cccc(Cl)c1. The fourth-order valence-corrected chi connectivity index (χ4v) is 3.61. The van der Waals surface area contributed by atoms with Gasteiger partial charge in [0, 0.05) is 42.4 Å². The smallest absolute Gasteiger partial charge is 0.273 e. The molecule has 0 fully saturated rings. The zero-order valence-corrected chi connectivity index (χ0v) is 20.3. The van der Waals surface area contributed by atoms with Crippen LogP contribution in [-0.4, -0.2) is 33.2 Å². The number of amides is 1. The van der Waals surface area contributed by atoms with Gasteiger partial charge in [-0.05, 0) is 53.6 Å². The van der Waals surface area contributed by atoms with Crippen molar-refractivity contribution in [3.63, 3.8) is 0 Å². The van der Waals surface area contributed by atoms with E-state index in [1.54, 1.807) is 36.7 Å². The number of rotatable bonds is 10. The highest BCUT2D eigenvalue weighted by Gasteiger charge is 2.12. The van der Waals surface area contributed by atoms with Gasteiger partial charge in [-0.1, -0.05) is 23.7 Å². The van der Waals surface area contributed by atoms with Crippen molar-refractivity contribution in [1.82, 2.24) is 25.5 Å². The van der Waals surface area contributed by atoms with Gasteiger partial charge < -0.3 is 19.8 Å². The van der Waals surface area contributed by atoms with Crippen LogP contribution in [0, 0.1) is 0 Å². The predicted molar refractivity (Wildman–Crippen MR) is 135 cm³/mol. The quantitative estimate of drug-likeness (QED) is 0.337. The number of hydrogen-bond acceptors (Lipinski definition) is 7. The molecule has 0 unspecified atom stereocenters. The number of carbonyl (C=O) groups excluding carboxylic acids is 1. The second-order valence-electron chi connectivity index (χ2n) is 7.87. The van der Waals surface area contributed by atoms with Crippen LogP contribution in [0.15, 0.2) is 71.8 Å². The third kappa shape index (κ3) is 6.67. The number of halogens is 1. The number of aromatic amines is 1. The van der Waals surface area contributed by atoms with E-state index < -0.39 is 5.56 Å². The fourth-order valence-electron chi connectivity index (χ4n) is 3.40. The van der Waals surface area contributed by atoms with E-state index >= 15 is 0 Å². The average molecular weight is 506 g/mol. The molecular formula is C26H24ClN5O4. The molecule has 0 aliphatic carbocycles. The third-order valence-electron chi connectivity index (χ3n) is 5.31. The summed E-state index contributed by atoms with van der Waals surface area (Å²) in [5, 5.41) is 11.6. The standard InChI is InChI=1S/C26H24ClN5O4/c1-35-23-14-19(5-7-22(23)36-16-18-3-2-4-20(27)13-18)25-30-26(34)21(31-32-25)6-8-24(33)29-15-17-9-11-28-12-10-17/h2-5,7,9-14H,6,8,15-16H2,1H3,(H,29,33)(H,30,32,34). The van der Waals surface area contributed by atoms with Crippen LogP contribution < -0.4 is 20.3 Å². The fraction of sp³-hybridized carbons (Fsp3) is 0.192. The Kier molecular flexibility index (Phi) is 8.25. The summed E-state index contributed by atoms with van der Waals surface area (Å²) in [5.74, 6) is 1.11. The summed E-state index contributed by atoms with van der Waals surface area (Å²) in [7, 11) is 1.53. The monoisotopic (exact) mass is 505 g/mol. The minimum atomic E-state index is -0.401. The molecule has 2 N–H and O–H groups in total. The van der Waals surface area contributed by atoms with Crippen molar-refractivity contribution in [3.8, 4) is 22.9 Å². The third-order valence-corrected chi connectivity index (χ3v) is 5.55. The molecule has 36 heavy (non-hydrogen) atoms. The molecular weight excluding hydrogens is 482 g/mol. The van der Waals surface area contributed by atoms with Crippen LogP contribution in [0.25, 0.3) is 11.4 Å². The molecule has 0 radical (unpaired) electrons. The van der Waals surface area contributed by atoms with Crippen molar-refractivity contribution in [3.05, 3.63) is 99.2 Å². The van der Waals surface area contributed by atoms with E-state index in [1.807, 2.05) is 30.3 Å². The van der Waals surface area contributed by atoms with Gasteiger partial charge in [0.15, 0.2) is 17.3 Å². The Morgan fingerprint density at radius 2 is 1.86 bits per heavy atom. The topological polar surface area (TPSA) is 119 Å². The Balaban J connectivity index is 1.37. The van der Waals surface area contributed by atoms with Crippen molar-refractivity contribution < 1.29 is 14.3 Å². The summed E-state index contributed by atoms with van der Waals surface area (Å²) in [6.45, 7) is 0.709. The van der Waals surface area contributed by atoms with Crippen LogP contribution >= 0.6 is 11.6 Å². The normalized spacial score (nSPS) is 10.6. The summed E-state index contributed by atoms with van der Waals surface area (Å²) in [5.41, 5.74) is 2.25. The van der Waals surface area contributed by atoms with Gasteiger partial charge >= 0.3 is 0 Å². The molecule has 0 atom stereocenters. The molecule has 0 aliphatic rings. The maximum atomic E-state index is 12.6. The minimum absolute atomic E-state index is 0.120. The van der Waals surface area contributed by atoms with E-state index in [9.17, 15) is 9.59 Å². The Hall–Kier alpha value is -4.24. The Morgan fingerprint density at radius 1 is 1.03 bits per heavy atom. The number of nitrogens with one attached hydrogen (secondary N) is 2. The zero-order chi connectivity index (χ0) is 25.3. The molecule has 2 aromatic carbocycles. The van der Waals surface area contributed by atoms with E-state index in [1.165, 1.54) is 7.11 Å². The largest absolute Gasteiger partial charge is 0.493 e. The Bertz CT molecular complexity index is 1390. The second kappa shape index (κ2) is 11.9. The van der Waals surface area contributed by atoms with Gasteiger partial charge in [-0.15, -0.1) is 10.2 Å². The first-order chi connectivity index (χ1) is 17.5. The van der Waals surface area contributed by atoms with Crippen molar-refractivity contribution in [2.24, 2.45) is 0 Å². The number of hydrogen-bond donors (Lipinski definition) is 2. The average Bonchev–Trinajstić information content (AvgIpc) is 2.90. The first-order valence-electron chi connectivity index (χ1n) is 11.2. The van der Waals surface area contributed by atoms with E-state index in [4.69, 9.17) is 21.1 Å². The number of aromatic nitrogens is 4. The van der Waals surface area contributed by atoms with Gasteiger partial charge in [-0.25, -0.2) is 0 Å². The number of ether oxygens (including phenoxy) is 2. The highest BCUT2D eigenvalue weighted by molar-refractivity contribution is 6.30. The van der Waals surface area contributed by atoms with Gasteiger partial charge in [0.25, 0.3) is 5.56 Å². The molecule has 10 heteroatoms. The van der Waals surface area contributed by atoms with Crippen LogP contribution in [-0.2, 0) is 24.4 Å². The van der Waals surface area contributed by atoms with Crippen LogP contribution in [0.5, 0.6) is 11.5 Å². The number of H-pyrrole nitrogens is 1. The van der Waals surface area contributed by atoms with Gasteiger partial charge in [-0.3, -0.25) is 14.6 Å². The van der Waals surface area contributed by atoms with E-state index in [2.05, 4.69) is 25.5 Å². The molecule has 0 saturated heterocycles. The molecule has 4 aromatic rings. The molecule has 0 aliphatic heterocycles. The summed E-state index contributed by atoms with van der Waals surface area (Å²) in [6.07, 6.45) is 3.62. The lowest BCUT2D eigenvalue weighted by atomic mass is 10.2. The maximum absolute atomic E-state index is 12.6. The lowest BCUT2D eigenvalue weighted by Crippen LogP contribution is -2.25. The van der Waals surface area contributed by atoms with Gasteiger partial charge in [0.2, 0.25) is 5.91 Å². The minimum Gasteiger partial charge on any atom is -0.493 e. The van der Waals surface area contributed by atoms with Crippen molar-refractivity contribution in [2.45, 2.75) is 26.0 Å². The molecule has 2 aromatic heterocycles. The molecule has 9 nitrogen and oxygen atoms in total. The predicted octanol–water partition coefficient (Wildman–Crippen LogP) is 3.72. The molecule has 4 rings (SSSR count). The van der Waals surface area contributed by atoms with Crippen LogP contribution in [0.1, 0.15) is 23.2 Å². The van der Waals surface area contributed by atoms with Crippen molar-refractivity contribution >= 4 is 17.5 Å². The number of benzene rings is 2. The van der Waals surface area contributed by atoms with E-state index in [0.29, 0.717) is 35.2 Å². The number of aryl methyl sites for hydroxylation is 1. The molecule has 1 amide bonds. The molecule has 0 bridgehead atoms. The number of methoxy groups -OCH3 is 1. The second-order valence-corrected chi connectivity index (χ2v) is 8.30. The first kappa shape index (κ1) is 24.9. The molecule has 2 heterocycles.